The Kier molecular flexibility index (Phi) is 2.38. The molecule has 1 heterocycles. The summed E-state index contributed by atoms with van der Waals surface area (Å²) in [6.45, 7) is 0. The molecule has 3 heteroatoms. The van der Waals surface area contributed by atoms with Gasteiger partial charge in [0.1, 0.15) is 0 Å². The van der Waals surface area contributed by atoms with Gasteiger partial charge in [-0.2, -0.15) is 0 Å². The van der Waals surface area contributed by atoms with Crippen molar-refractivity contribution < 1.29 is 9.84 Å². The molecule has 3 nitrogen and oxygen atoms in total. The highest BCUT2D eigenvalue weighted by atomic mass is 16.5. The van der Waals surface area contributed by atoms with Crippen molar-refractivity contribution in [3.05, 3.63) is 42.1 Å². The highest BCUT2D eigenvalue weighted by molar-refractivity contribution is 5.79. The molecule has 1 aromatic heterocycles. The molecule has 3 rings (SSSR count). The van der Waals surface area contributed by atoms with Crippen molar-refractivity contribution in [1.29, 1.82) is 0 Å². The van der Waals surface area contributed by atoms with E-state index in [0.29, 0.717) is 12.8 Å². The molecule has 2 aromatic rings. The highest BCUT2D eigenvalue weighted by Gasteiger charge is 2.44. The number of aliphatic hydroxyl groups is 1. The maximum Gasteiger partial charge on any atom is 0.0946 e. The quantitative estimate of drug-likeness (QED) is 0.858. The van der Waals surface area contributed by atoms with Crippen LogP contribution in [0, 0.1) is 0 Å². The molecule has 0 atom stereocenters. The lowest BCUT2D eigenvalue weighted by Gasteiger charge is -2.43. The van der Waals surface area contributed by atoms with Gasteiger partial charge in [-0.1, -0.05) is 12.1 Å². The largest absolute Gasteiger partial charge is 0.385 e. The first-order valence-corrected chi connectivity index (χ1v) is 5.82. The standard InChI is InChI=1S/C14H15NO2/c1-17-12-8-14(16,9-12)11-4-5-13-10(7-11)3-2-6-15-13/h2-7,12,16H,8-9H2,1H3. The zero-order valence-electron chi connectivity index (χ0n) is 9.76. The third-order valence-corrected chi connectivity index (χ3v) is 3.60. The first-order valence-electron chi connectivity index (χ1n) is 5.82. The van der Waals surface area contributed by atoms with Gasteiger partial charge < -0.3 is 9.84 Å². The summed E-state index contributed by atoms with van der Waals surface area (Å²) in [6, 6.07) is 9.87. The molecule has 88 valence electrons. The van der Waals surface area contributed by atoms with E-state index in [1.54, 1.807) is 13.3 Å². The van der Waals surface area contributed by atoms with Crippen LogP contribution in [0.4, 0.5) is 0 Å². The number of rotatable bonds is 2. The minimum absolute atomic E-state index is 0.185. The van der Waals surface area contributed by atoms with Gasteiger partial charge in [-0.3, -0.25) is 4.98 Å². The van der Waals surface area contributed by atoms with E-state index in [4.69, 9.17) is 4.74 Å². The summed E-state index contributed by atoms with van der Waals surface area (Å²) in [7, 11) is 1.69. The summed E-state index contributed by atoms with van der Waals surface area (Å²) in [6.07, 6.45) is 3.32. The number of hydrogen-bond donors (Lipinski definition) is 1. The van der Waals surface area contributed by atoms with Crippen LogP contribution < -0.4 is 0 Å². The Hall–Kier alpha value is -1.45. The normalized spacial score (nSPS) is 28.0. The number of ether oxygens (including phenoxy) is 1. The van der Waals surface area contributed by atoms with Gasteiger partial charge in [0.05, 0.1) is 17.2 Å². The summed E-state index contributed by atoms with van der Waals surface area (Å²) in [5, 5.41) is 11.5. The number of hydrogen-bond acceptors (Lipinski definition) is 3. The number of nitrogens with zero attached hydrogens (tertiary/aromatic N) is 1. The Balaban J connectivity index is 1.96. The van der Waals surface area contributed by atoms with Gasteiger partial charge in [0.25, 0.3) is 0 Å². The van der Waals surface area contributed by atoms with Crippen molar-refractivity contribution in [2.24, 2.45) is 0 Å². The van der Waals surface area contributed by atoms with E-state index < -0.39 is 5.60 Å². The first-order chi connectivity index (χ1) is 8.21. The van der Waals surface area contributed by atoms with Crippen molar-refractivity contribution in [3.63, 3.8) is 0 Å². The Bertz CT molecular complexity index is 547. The van der Waals surface area contributed by atoms with Gasteiger partial charge in [0.2, 0.25) is 0 Å². The lowest BCUT2D eigenvalue weighted by molar-refractivity contribution is -0.133. The predicted octanol–water partition coefficient (Wildman–Crippen LogP) is 2.23. The summed E-state index contributed by atoms with van der Waals surface area (Å²) in [5.41, 5.74) is 1.21. The van der Waals surface area contributed by atoms with Gasteiger partial charge in [0.15, 0.2) is 0 Å². The van der Waals surface area contributed by atoms with Crippen LogP contribution in [0.1, 0.15) is 18.4 Å². The van der Waals surface area contributed by atoms with E-state index in [0.717, 1.165) is 16.5 Å². The van der Waals surface area contributed by atoms with Gasteiger partial charge >= 0.3 is 0 Å². The summed E-state index contributed by atoms with van der Waals surface area (Å²) in [4.78, 5) is 4.27. The Morgan fingerprint density at radius 3 is 2.94 bits per heavy atom. The van der Waals surface area contributed by atoms with Crippen LogP contribution in [0.3, 0.4) is 0 Å². The predicted molar refractivity (Wildman–Crippen MR) is 65.7 cm³/mol. The lowest BCUT2D eigenvalue weighted by Crippen LogP contribution is -2.45. The third kappa shape index (κ3) is 1.72. The van der Waals surface area contributed by atoms with Crippen LogP contribution in [-0.4, -0.2) is 23.3 Å². The van der Waals surface area contributed by atoms with Crippen molar-refractivity contribution >= 4 is 10.9 Å². The highest BCUT2D eigenvalue weighted by Crippen LogP contribution is 2.43. The molecule has 1 fully saturated rings. The van der Waals surface area contributed by atoms with Crippen LogP contribution in [0.2, 0.25) is 0 Å². The monoisotopic (exact) mass is 229 g/mol. The molecule has 0 unspecified atom stereocenters. The fraction of sp³-hybridized carbons (Fsp3) is 0.357. The molecule has 1 aliphatic carbocycles. The SMILES string of the molecule is COC1CC(O)(c2ccc3ncccc3c2)C1. The number of methoxy groups -OCH3 is 1. The number of aromatic nitrogens is 1. The molecule has 1 N–H and O–H groups in total. The molecule has 1 aliphatic rings. The molecule has 0 radical (unpaired) electrons. The van der Waals surface area contributed by atoms with Crippen LogP contribution in [0.25, 0.3) is 10.9 Å². The van der Waals surface area contributed by atoms with Crippen molar-refractivity contribution in [3.8, 4) is 0 Å². The van der Waals surface area contributed by atoms with E-state index in [1.165, 1.54) is 0 Å². The van der Waals surface area contributed by atoms with E-state index in [2.05, 4.69) is 4.98 Å². The second-order valence-corrected chi connectivity index (χ2v) is 4.71. The van der Waals surface area contributed by atoms with Gasteiger partial charge in [-0.15, -0.1) is 0 Å². The van der Waals surface area contributed by atoms with Gasteiger partial charge in [-0.25, -0.2) is 0 Å². The first kappa shape index (κ1) is 10.7. The Morgan fingerprint density at radius 1 is 1.35 bits per heavy atom. The average molecular weight is 229 g/mol. The van der Waals surface area contributed by atoms with Crippen molar-refractivity contribution in [2.45, 2.75) is 24.5 Å². The average Bonchev–Trinajstić information content (AvgIpc) is 2.34. The molecular weight excluding hydrogens is 214 g/mol. The van der Waals surface area contributed by atoms with Crippen molar-refractivity contribution in [2.75, 3.05) is 7.11 Å². The minimum atomic E-state index is -0.718. The number of fused-ring (bicyclic) bond motifs is 1. The van der Waals surface area contributed by atoms with E-state index >= 15 is 0 Å². The zero-order chi connectivity index (χ0) is 11.9. The van der Waals surface area contributed by atoms with E-state index in [1.807, 2.05) is 30.3 Å². The fourth-order valence-electron chi connectivity index (χ4n) is 2.46. The molecule has 1 aromatic carbocycles. The Labute approximate surface area is 100 Å². The van der Waals surface area contributed by atoms with Gasteiger partial charge in [-0.05, 0) is 23.8 Å². The molecule has 0 bridgehead atoms. The van der Waals surface area contributed by atoms with Crippen LogP contribution in [0.5, 0.6) is 0 Å². The van der Waals surface area contributed by atoms with E-state index in [9.17, 15) is 5.11 Å². The van der Waals surface area contributed by atoms with E-state index in [-0.39, 0.29) is 6.10 Å². The van der Waals surface area contributed by atoms with Crippen LogP contribution >= 0.6 is 0 Å². The topological polar surface area (TPSA) is 42.4 Å². The van der Waals surface area contributed by atoms with Gasteiger partial charge in [0, 0.05) is 31.5 Å². The maximum absolute atomic E-state index is 10.4. The number of pyridine rings is 1. The molecular formula is C14H15NO2. The van der Waals surface area contributed by atoms with Crippen LogP contribution in [-0.2, 0) is 10.3 Å². The molecule has 17 heavy (non-hydrogen) atoms. The minimum Gasteiger partial charge on any atom is -0.385 e. The maximum atomic E-state index is 10.4. The summed E-state index contributed by atoms with van der Waals surface area (Å²) in [5.74, 6) is 0. The van der Waals surface area contributed by atoms with Crippen LogP contribution in [0.15, 0.2) is 36.5 Å². The summed E-state index contributed by atoms with van der Waals surface area (Å²) >= 11 is 0. The molecule has 0 saturated heterocycles. The second kappa shape index (κ2) is 3.79. The molecule has 1 saturated carbocycles. The molecule has 0 amide bonds. The summed E-state index contributed by atoms with van der Waals surface area (Å²) < 4.78 is 5.22. The molecule has 0 aliphatic heterocycles. The lowest BCUT2D eigenvalue weighted by atomic mass is 9.72. The smallest absolute Gasteiger partial charge is 0.0946 e. The third-order valence-electron chi connectivity index (χ3n) is 3.60. The number of benzene rings is 1. The Morgan fingerprint density at radius 2 is 2.18 bits per heavy atom. The second-order valence-electron chi connectivity index (χ2n) is 4.71. The molecule has 0 spiro atoms. The zero-order valence-corrected chi connectivity index (χ0v) is 9.76. The fourth-order valence-corrected chi connectivity index (χ4v) is 2.46. The van der Waals surface area contributed by atoms with Crippen molar-refractivity contribution in [1.82, 2.24) is 4.98 Å².